The van der Waals surface area contributed by atoms with E-state index in [1.54, 1.807) is 18.2 Å². The van der Waals surface area contributed by atoms with Gasteiger partial charge in [0, 0.05) is 4.47 Å². The molecule has 0 aliphatic rings. The molecule has 1 aromatic carbocycles. The van der Waals surface area contributed by atoms with Crippen LogP contribution in [0.5, 0.6) is 0 Å². The van der Waals surface area contributed by atoms with E-state index >= 15 is 0 Å². The van der Waals surface area contributed by atoms with Crippen molar-refractivity contribution in [3.05, 3.63) is 28.2 Å². The molecule has 1 N–H and O–H groups in total. The van der Waals surface area contributed by atoms with Gasteiger partial charge in [-0.25, -0.2) is 8.78 Å². The second-order valence-electron chi connectivity index (χ2n) is 3.07. The summed E-state index contributed by atoms with van der Waals surface area (Å²) in [7, 11) is 0. The minimum Gasteiger partial charge on any atom is -0.376 e. The van der Waals surface area contributed by atoms with Crippen molar-refractivity contribution in [1.29, 1.82) is 5.26 Å². The lowest BCUT2D eigenvalue weighted by molar-refractivity contribution is 0.130. The average molecular weight is 275 g/mol. The van der Waals surface area contributed by atoms with Gasteiger partial charge in [0.15, 0.2) is 0 Å². The summed E-state index contributed by atoms with van der Waals surface area (Å²) < 4.78 is 25.3. The summed E-state index contributed by atoms with van der Waals surface area (Å²) in [6.07, 6.45) is -2.46. The highest BCUT2D eigenvalue weighted by atomic mass is 79.9. The first-order valence-electron chi connectivity index (χ1n) is 4.29. The first-order chi connectivity index (χ1) is 7.04. The van der Waals surface area contributed by atoms with Crippen molar-refractivity contribution < 1.29 is 8.78 Å². The summed E-state index contributed by atoms with van der Waals surface area (Å²) in [6.45, 7) is 1.37. The van der Waals surface area contributed by atoms with Crippen molar-refractivity contribution in [2.24, 2.45) is 0 Å². The molecular formula is C10H9BrF2N2. The Labute approximate surface area is 95.0 Å². The van der Waals surface area contributed by atoms with Gasteiger partial charge in [-0.1, -0.05) is 15.9 Å². The third kappa shape index (κ3) is 3.17. The fourth-order valence-electron chi connectivity index (χ4n) is 1.04. The third-order valence-corrected chi connectivity index (χ3v) is 2.36. The maximum absolute atomic E-state index is 12.3. The highest BCUT2D eigenvalue weighted by Crippen LogP contribution is 2.21. The lowest BCUT2D eigenvalue weighted by Crippen LogP contribution is -2.24. The fourth-order valence-corrected chi connectivity index (χ4v) is 1.40. The van der Waals surface area contributed by atoms with E-state index in [4.69, 9.17) is 5.26 Å². The maximum Gasteiger partial charge on any atom is 0.258 e. The first-order valence-corrected chi connectivity index (χ1v) is 5.08. The van der Waals surface area contributed by atoms with E-state index in [0.29, 0.717) is 11.3 Å². The summed E-state index contributed by atoms with van der Waals surface area (Å²) >= 11 is 3.21. The molecule has 0 saturated carbocycles. The Morgan fingerprint density at radius 3 is 2.67 bits per heavy atom. The van der Waals surface area contributed by atoms with Gasteiger partial charge in [0.25, 0.3) is 6.43 Å². The molecule has 15 heavy (non-hydrogen) atoms. The third-order valence-electron chi connectivity index (χ3n) is 1.86. The summed E-state index contributed by atoms with van der Waals surface area (Å²) in [5.41, 5.74) is 0.769. The number of rotatable bonds is 3. The van der Waals surface area contributed by atoms with E-state index in [0.717, 1.165) is 4.47 Å². The smallest absolute Gasteiger partial charge is 0.258 e. The van der Waals surface area contributed by atoms with Crippen LogP contribution in [-0.4, -0.2) is 12.5 Å². The Morgan fingerprint density at radius 2 is 2.13 bits per heavy atom. The standard InChI is InChI=1S/C10H9BrF2N2/c1-6(10(12)13)15-9-3-2-8(11)4-7(9)5-14/h2-4,6,10,15H,1H3. The van der Waals surface area contributed by atoms with Crippen molar-refractivity contribution >= 4 is 21.6 Å². The second-order valence-corrected chi connectivity index (χ2v) is 3.98. The highest BCUT2D eigenvalue weighted by Gasteiger charge is 2.15. The number of nitriles is 1. The SMILES string of the molecule is CC(Nc1ccc(Br)cc1C#N)C(F)F. The quantitative estimate of drug-likeness (QED) is 0.917. The van der Waals surface area contributed by atoms with E-state index in [2.05, 4.69) is 21.2 Å². The van der Waals surface area contributed by atoms with Gasteiger partial charge < -0.3 is 5.32 Å². The van der Waals surface area contributed by atoms with Gasteiger partial charge in [-0.2, -0.15) is 5.26 Å². The largest absolute Gasteiger partial charge is 0.376 e. The molecule has 1 rings (SSSR count). The Bertz CT molecular complexity index is 387. The highest BCUT2D eigenvalue weighted by molar-refractivity contribution is 9.10. The van der Waals surface area contributed by atoms with Crippen LogP contribution in [0, 0.1) is 11.3 Å². The summed E-state index contributed by atoms with van der Waals surface area (Å²) in [5.74, 6) is 0. The van der Waals surface area contributed by atoms with E-state index in [1.165, 1.54) is 6.92 Å². The molecule has 1 aromatic rings. The van der Waals surface area contributed by atoms with Gasteiger partial charge in [0.05, 0.1) is 17.3 Å². The van der Waals surface area contributed by atoms with Crippen LogP contribution in [0.3, 0.4) is 0 Å². The van der Waals surface area contributed by atoms with E-state index in [9.17, 15) is 8.78 Å². The molecule has 2 nitrogen and oxygen atoms in total. The normalized spacial score (nSPS) is 12.3. The number of benzene rings is 1. The van der Waals surface area contributed by atoms with Crippen LogP contribution in [0.25, 0.3) is 0 Å². The van der Waals surface area contributed by atoms with Gasteiger partial charge in [-0.05, 0) is 25.1 Å². The Kier molecular flexibility index (Phi) is 4.04. The zero-order chi connectivity index (χ0) is 11.4. The lowest BCUT2D eigenvalue weighted by atomic mass is 10.2. The Morgan fingerprint density at radius 1 is 1.47 bits per heavy atom. The van der Waals surface area contributed by atoms with Gasteiger partial charge in [-0.15, -0.1) is 0 Å². The first kappa shape index (κ1) is 11.9. The molecule has 1 atom stereocenters. The molecule has 0 heterocycles. The molecule has 0 aliphatic heterocycles. The molecule has 5 heteroatoms. The van der Waals surface area contributed by atoms with Crippen LogP contribution in [0.15, 0.2) is 22.7 Å². The van der Waals surface area contributed by atoms with Crippen molar-refractivity contribution in [3.63, 3.8) is 0 Å². The lowest BCUT2D eigenvalue weighted by Gasteiger charge is -2.15. The minimum atomic E-state index is -2.46. The molecule has 0 saturated heterocycles. The van der Waals surface area contributed by atoms with Crippen LogP contribution in [0.2, 0.25) is 0 Å². The van der Waals surface area contributed by atoms with Crippen molar-refractivity contribution in [2.75, 3.05) is 5.32 Å². The van der Waals surface area contributed by atoms with E-state index in [1.807, 2.05) is 6.07 Å². The van der Waals surface area contributed by atoms with Crippen molar-refractivity contribution in [2.45, 2.75) is 19.4 Å². The zero-order valence-electron chi connectivity index (χ0n) is 7.97. The molecule has 0 amide bonds. The summed E-state index contributed by atoms with van der Waals surface area (Å²) in [5, 5.41) is 11.4. The predicted molar refractivity (Wildman–Crippen MR) is 57.9 cm³/mol. The average Bonchev–Trinajstić information content (AvgIpc) is 2.20. The second kappa shape index (κ2) is 5.08. The van der Waals surface area contributed by atoms with Gasteiger partial charge in [0.1, 0.15) is 6.07 Å². The summed E-state index contributed by atoms with van der Waals surface area (Å²) in [6, 6.07) is 5.85. The van der Waals surface area contributed by atoms with Crippen LogP contribution >= 0.6 is 15.9 Å². The number of alkyl halides is 2. The number of nitrogens with zero attached hydrogens (tertiary/aromatic N) is 1. The number of hydrogen-bond acceptors (Lipinski definition) is 2. The molecule has 0 aromatic heterocycles. The number of halogens is 3. The van der Waals surface area contributed by atoms with Gasteiger partial charge >= 0.3 is 0 Å². The number of nitrogens with one attached hydrogen (secondary N) is 1. The van der Waals surface area contributed by atoms with Crippen molar-refractivity contribution in [1.82, 2.24) is 0 Å². The monoisotopic (exact) mass is 274 g/mol. The Balaban J connectivity index is 2.91. The zero-order valence-corrected chi connectivity index (χ0v) is 9.55. The topological polar surface area (TPSA) is 35.8 Å². The molecule has 0 bridgehead atoms. The molecule has 1 unspecified atom stereocenters. The molecule has 0 radical (unpaired) electrons. The molecular weight excluding hydrogens is 266 g/mol. The number of hydrogen-bond donors (Lipinski definition) is 1. The van der Waals surface area contributed by atoms with Gasteiger partial charge in [-0.3, -0.25) is 0 Å². The maximum atomic E-state index is 12.3. The van der Waals surface area contributed by atoms with E-state index < -0.39 is 12.5 Å². The van der Waals surface area contributed by atoms with Crippen LogP contribution < -0.4 is 5.32 Å². The van der Waals surface area contributed by atoms with E-state index in [-0.39, 0.29) is 0 Å². The van der Waals surface area contributed by atoms with Crippen LogP contribution in [0.4, 0.5) is 14.5 Å². The van der Waals surface area contributed by atoms with Crippen LogP contribution in [-0.2, 0) is 0 Å². The van der Waals surface area contributed by atoms with Gasteiger partial charge in [0.2, 0.25) is 0 Å². The fraction of sp³-hybridized carbons (Fsp3) is 0.300. The Hall–Kier alpha value is -1.15. The predicted octanol–water partition coefficient (Wildman–Crippen LogP) is 3.39. The van der Waals surface area contributed by atoms with Crippen LogP contribution in [0.1, 0.15) is 12.5 Å². The van der Waals surface area contributed by atoms with Crippen molar-refractivity contribution in [3.8, 4) is 6.07 Å². The molecule has 0 fully saturated rings. The molecule has 0 aliphatic carbocycles. The number of anilines is 1. The minimum absolute atomic E-state index is 0.344. The summed E-state index contributed by atoms with van der Waals surface area (Å²) in [4.78, 5) is 0. The molecule has 80 valence electrons. The molecule has 0 spiro atoms.